The van der Waals surface area contributed by atoms with E-state index in [0.717, 1.165) is 18.8 Å². The second kappa shape index (κ2) is 7.58. The zero-order valence-electron chi connectivity index (χ0n) is 14.1. The first kappa shape index (κ1) is 16.6. The van der Waals surface area contributed by atoms with Crippen LogP contribution < -0.4 is 0 Å². The molecule has 0 bridgehead atoms. The Bertz CT molecular complexity index is 709. The first-order valence-electron chi connectivity index (χ1n) is 8.81. The molecule has 2 aliphatic heterocycles. The highest BCUT2D eigenvalue weighted by molar-refractivity contribution is 7.98. The number of hydrogen-bond acceptors (Lipinski definition) is 6. The molecule has 25 heavy (non-hydrogen) atoms. The molecule has 0 aliphatic carbocycles. The van der Waals surface area contributed by atoms with Gasteiger partial charge in [-0.15, -0.1) is 0 Å². The first-order chi connectivity index (χ1) is 12.3. The van der Waals surface area contributed by atoms with Crippen molar-refractivity contribution in [2.24, 2.45) is 0 Å². The predicted octanol–water partition coefficient (Wildman–Crippen LogP) is 2.67. The number of nitrogens with zero attached hydrogens (tertiary/aromatic N) is 4. The van der Waals surface area contributed by atoms with Gasteiger partial charge < -0.3 is 9.32 Å². The highest BCUT2D eigenvalue weighted by Gasteiger charge is 2.36. The fourth-order valence-corrected chi connectivity index (χ4v) is 4.05. The number of carbonyl (C=O) groups is 1. The quantitative estimate of drug-likeness (QED) is 0.605. The van der Waals surface area contributed by atoms with E-state index in [4.69, 9.17) is 4.42 Å². The third-order valence-electron chi connectivity index (χ3n) is 4.81. The van der Waals surface area contributed by atoms with E-state index in [1.807, 2.05) is 11.0 Å². The molecule has 0 spiro atoms. The van der Waals surface area contributed by atoms with Crippen LogP contribution in [-0.2, 0) is 5.75 Å². The van der Waals surface area contributed by atoms with Crippen LogP contribution in [0.5, 0.6) is 0 Å². The summed E-state index contributed by atoms with van der Waals surface area (Å²) in [5, 5.41) is 0.707. The summed E-state index contributed by atoms with van der Waals surface area (Å²) in [7, 11) is 0. The van der Waals surface area contributed by atoms with Gasteiger partial charge in [0.25, 0.3) is 5.91 Å². The fourth-order valence-electron chi connectivity index (χ4n) is 3.36. The Kier molecular flexibility index (Phi) is 5.03. The molecule has 7 heteroatoms. The van der Waals surface area contributed by atoms with Gasteiger partial charge in [0, 0.05) is 31.5 Å². The van der Waals surface area contributed by atoms with Crippen molar-refractivity contribution >= 4 is 17.7 Å². The zero-order valence-corrected chi connectivity index (χ0v) is 15.0. The Morgan fingerprint density at radius 2 is 1.92 bits per heavy atom. The van der Waals surface area contributed by atoms with Crippen molar-refractivity contribution in [3.05, 3.63) is 42.1 Å². The summed E-state index contributed by atoms with van der Waals surface area (Å²) in [4.78, 5) is 25.3. The summed E-state index contributed by atoms with van der Waals surface area (Å²) in [5.74, 6) is 1.82. The van der Waals surface area contributed by atoms with Gasteiger partial charge in [-0.3, -0.25) is 9.69 Å². The highest BCUT2D eigenvalue weighted by atomic mass is 32.2. The third kappa shape index (κ3) is 3.88. The molecule has 0 aromatic carbocycles. The van der Waals surface area contributed by atoms with Crippen LogP contribution in [-0.4, -0.2) is 57.9 Å². The van der Waals surface area contributed by atoms with Crippen LogP contribution in [0.15, 0.2) is 40.2 Å². The summed E-state index contributed by atoms with van der Waals surface area (Å²) in [5.41, 5.74) is 0. The minimum atomic E-state index is 0.000436. The number of thioether (sulfide) groups is 1. The lowest BCUT2D eigenvalue weighted by Crippen LogP contribution is -2.61. The van der Waals surface area contributed by atoms with Crippen LogP contribution in [0, 0.1) is 0 Å². The van der Waals surface area contributed by atoms with E-state index >= 15 is 0 Å². The molecule has 0 atom stereocenters. The van der Waals surface area contributed by atoms with Crippen molar-refractivity contribution in [1.29, 1.82) is 0 Å². The summed E-state index contributed by atoms with van der Waals surface area (Å²) in [6, 6.07) is 5.96. The van der Waals surface area contributed by atoms with Gasteiger partial charge in [0.15, 0.2) is 10.9 Å². The SMILES string of the molecule is O=C(c1ccc(CSc2ncccn2)o1)N1CC(N2CCCCC2)C1. The Morgan fingerprint density at radius 3 is 2.68 bits per heavy atom. The van der Waals surface area contributed by atoms with E-state index in [2.05, 4.69) is 14.9 Å². The predicted molar refractivity (Wildman–Crippen MR) is 95.4 cm³/mol. The van der Waals surface area contributed by atoms with Crippen LogP contribution in [0.4, 0.5) is 0 Å². The van der Waals surface area contributed by atoms with Crippen LogP contribution in [0.3, 0.4) is 0 Å². The Hall–Kier alpha value is -1.86. The van der Waals surface area contributed by atoms with Crippen molar-refractivity contribution < 1.29 is 9.21 Å². The van der Waals surface area contributed by atoms with E-state index in [1.54, 1.807) is 24.5 Å². The lowest BCUT2D eigenvalue weighted by Gasteiger charge is -2.46. The molecule has 2 saturated heterocycles. The normalized spacial score (nSPS) is 19.0. The Morgan fingerprint density at radius 1 is 1.16 bits per heavy atom. The van der Waals surface area contributed by atoms with E-state index in [1.165, 1.54) is 44.1 Å². The van der Waals surface area contributed by atoms with Gasteiger partial charge in [-0.1, -0.05) is 18.2 Å². The van der Waals surface area contributed by atoms with E-state index in [-0.39, 0.29) is 5.91 Å². The topological polar surface area (TPSA) is 62.5 Å². The first-order valence-corrected chi connectivity index (χ1v) is 9.80. The Balaban J connectivity index is 1.28. The summed E-state index contributed by atoms with van der Waals surface area (Å²) >= 11 is 1.50. The van der Waals surface area contributed by atoms with Gasteiger partial charge in [-0.2, -0.15) is 0 Å². The second-order valence-corrected chi connectivity index (χ2v) is 7.49. The maximum atomic E-state index is 12.5. The van der Waals surface area contributed by atoms with Crippen molar-refractivity contribution in [2.45, 2.75) is 36.2 Å². The van der Waals surface area contributed by atoms with Crippen molar-refractivity contribution in [1.82, 2.24) is 19.8 Å². The maximum Gasteiger partial charge on any atom is 0.289 e. The molecule has 0 saturated carbocycles. The van der Waals surface area contributed by atoms with Crippen LogP contribution in [0.1, 0.15) is 35.6 Å². The molecule has 0 unspecified atom stereocenters. The molecular weight excluding hydrogens is 336 g/mol. The number of likely N-dealkylation sites (tertiary alicyclic amines) is 2. The van der Waals surface area contributed by atoms with Gasteiger partial charge in [-0.25, -0.2) is 9.97 Å². The molecule has 4 heterocycles. The van der Waals surface area contributed by atoms with Crippen LogP contribution in [0.25, 0.3) is 0 Å². The molecule has 0 N–H and O–H groups in total. The monoisotopic (exact) mass is 358 g/mol. The Labute approximate surface area is 151 Å². The van der Waals surface area contributed by atoms with Crippen molar-refractivity contribution in [3.8, 4) is 0 Å². The van der Waals surface area contributed by atoms with Gasteiger partial charge >= 0.3 is 0 Å². The third-order valence-corrected chi connectivity index (χ3v) is 5.71. The molecule has 4 rings (SSSR count). The van der Waals surface area contributed by atoms with Crippen LogP contribution >= 0.6 is 11.8 Å². The number of piperidine rings is 1. The number of furan rings is 1. The van der Waals surface area contributed by atoms with Crippen LogP contribution in [0.2, 0.25) is 0 Å². The maximum absolute atomic E-state index is 12.5. The number of amides is 1. The largest absolute Gasteiger partial charge is 0.455 e. The lowest BCUT2D eigenvalue weighted by atomic mass is 10.0. The number of hydrogen-bond donors (Lipinski definition) is 0. The van der Waals surface area contributed by atoms with Gasteiger partial charge in [0.2, 0.25) is 0 Å². The van der Waals surface area contributed by atoms with Gasteiger partial charge in [-0.05, 0) is 44.1 Å². The zero-order chi connectivity index (χ0) is 17.1. The molecule has 2 aliphatic rings. The molecule has 2 aromatic heterocycles. The smallest absolute Gasteiger partial charge is 0.289 e. The average molecular weight is 358 g/mol. The fraction of sp³-hybridized carbons (Fsp3) is 0.500. The summed E-state index contributed by atoms with van der Waals surface area (Å²) in [6.45, 7) is 4.00. The molecule has 0 radical (unpaired) electrons. The molecule has 2 fully saturated rings. The summed E-state index contributed by atoms with van der Waals surface area (Å²) < 4.78 is 5.72. The van der Waals surface area contributed by atoms with Gasteiger partial charge in [0.1, 0.15) is 5.76 Å². The van der Waals surface area contributed by atoms with E-state index < -0.39 is 0 Å². The summed E-state index contributed by atoms with van der Waals surface area (Å²) in [6.07, 6.45) is 7.35. The minimum absolute atomic E-state index is 0.000436. The molecule has 132 valence electrons. The highest BCUT2D eigenvalue weighted by Crippen LogP contribution is 2.24. The molecule has 2 aromatic rings. The molecule has 6 nitrogen and oxygen atoms in total. The lowest BCUT2D eigenvalue weighted by molar-refractivity contribution is 0.0181. The number of aromatic nitrogens is 2. The van der Waals surface area contributed by atoms with Gasteiger partial charge in [0.05, 0.1) is 5.75 Å². The number of rotatable bonds is 5. The molecular formula is C18H22N4O2S. The average Bonchev–Trinajstić information content (AvgIpc) is 3.09. The van der Waals surface area contributed by atoms with E-state index in [0.29, 0.717) is 22.7 Å². The van der Waals surface area contributed by atoms with Crippen molar-refractivity contribution in [2.75, 3.05) is 26.2 Å². The second-order valence-electron chi connectivity index (χ2n) is 6.55. The molecule has 1 amide bonds. The van der Waals surface area contributed by atoms with Crippen molar-refractivity contribution in [3.63, 3.8) is 0 Å². The van der Waals surface area contributed by atoms with E-state index in [9.17, 15) is 4.79 Å². The minimum Gasteiger partial charge on any atom is -0.455 e. The standard InChI is InChI=1S/C18H22N4O2S/c23-17(22-11-14(12-22)21-9-2-1-3-10-21)16-6-5-15(24-16)13-25-18-19-7-4-8-20-18/h4-8,14H,1-3,9-13H2. The number of carbonyl (C=O) groups excluding carboxylic acids is 1.